The van der Waals surface area contributed by atoms with Crippen molar-refractivity contribution in [3.63, 3.8) is 0 Å². The van der Waals surface area contributed by atoms with Crippen LogP contribution in [0.3, 0.4) is 0 Å². The summed E-state index contributed by atoms with van der Waals surface area (Å²) in [6.07, 6.45) is 4.60. The molecule has 0 spiro atoms. The van der Waals surface area contributed by atoms with Gasteiger partial charge in [-0.25, -0.2) is 9.97 Å². The number of aromatic nitrogens is 8. The Bertz CT molecular complexity index is 1930. The molecule has 0 aliphatic heterocycles. The van der Waals surface area contributed by atoms with Crippen LogP contribution < -0.4 is 10.9 Å². The third kappa shape index (κ3) is 6.01. The highest BCUT2D eigenvalue weighted by Crippen LogP contribution is 2.32. The molecule has 0 saturated heterocycles. The van der Waals surface area contributed by atoms with E-state index >= 15 is 0 Å². The second-order valence-electron chi connectivity index (χ2n) is 9.76. The molecule has 0 aromatic carbocycles. The molecule has 220 valence electrons. The fourth-order valence-electron chi connectivity index (χ4n) is 4.64. The highest BCUT2D eigenvalue weighted by Gasteiger charge is 2.17. The van der Waals surface area contributed by atoms with Crippen molar-refractivity contribution in [2.75, 3.05) is 11.5 Å². The minimum Gasteiger partial charge on any atom is -0.332 e. The topological polar surface area (TPSA) is 121 Å². The van der Waals surface area contributed by atoms with Crippen LogP contribution in [0.15, 0.2) is 54.9 Å². The van der Waals surface area contributed by atoms with E-state index in [-0.39, 0.29) is 10.9 Å². The van der Waals surface area contributed by atoms with Crippen LogP contribution in [-0.2, 0) is 13.1 Å². The van der Waals surface area contributed by atoms with Gasteiger partial charge in [-0.1, -0.05) is 46.2 Å². The summed E-state index contributed by atoms with van der Waals surface area (Å²) >= 11 is 6.13. The Morgan fingerprint density at radius 3 is 1.53 bits per heavy atom. The van der Waals surface area contributed by atoms with Crippen LogP contribution in [0.4, 0.5) is 0 Å². The summed E-state index contributed by atoms with van der Waals surface area (Å²) in [6.45, 7) is 9.30. The first-order valence-corrected chi connectivity index (χ1v) is 17.4. The van der Waals surface area contributed by atoms with Crippen LogP contribution >= 0.6 is 46.2 Å². The van der Waals surface area contributed by atoms with Gasteiger partial charge in [0.05, 0.1) is 21.9 Å². The van der Waals surface area contributed by atoms with Gasteiger partial charge in [0.1, 0.15) is 11.3 Å². The minimum atomic E-state index is -0.0724. The first-order valence-electron chi connectivity index (χ1n) is 13.8. The molecule has 0 N–H and O–H groups in total. The molecule has 0 unspecified atom stereocenters. The number of pyridine rings is 4. The molecule has 0 bridgehead atoms. The summed E-state index contributed by atoms with van der Waals surface area (Å²) in [7, 11) is 0. The van der Waals surface area contributed by atoms with Gasteiger partial charge >= 0.3 is 0 Å². The monoisotopic (exact) mass is 648 g/mol. The van der Waals surface area contributed by atoms with Gasteiger partial charge in [-0.2, -0.15) is 0 Å². The van der Waals surface area contributed by atoms with Crippen LogP contribution in [0.25, 0.3) is 43.2 Å². The van der Waals surface area contributed by atoms with Gasteiger partial charge in [0.2, 0.25) is 10.9 Å². The molecule has 0 radical (unpaired) electrons. The SMILES string of the molecule is CCn1cc(-c2nnc(SCCCSc3nnc(-c4cn(CC)c5nc(C)ccc5c4=O)s3)s2)c(=O)c2ccc(C)nc21. The lowest BCUT2D eigenvalue weighted by molar-refractivity contribution is 0.776. The molecule has 0 amide bonds. The molecule has 14 heteroatoms. The van der Waals surface area contributed by atoms with Crippen LogP contribution in [-0.4, -0.2) is 51.0 Å². The molecule has 10 nitrogen and oxygen atoms in total. The molecular formula is C29H28N8O2S4. The first-order chi connectivity index (χ1) is 20.9. The van der Waals surface area contributed by atoms with Crippen molar-refractivity contribution >= 4 is 68.3 Å². The van der Waals surface area contributed by atoms with Crippen molar-refractivity contribution in [1.29, 1.82) is 0 Å². The van der Waals surface area contributed by atoms with Gasteiger partial charge in [-0.15, -0.1) is 20.4 Å². The van der Waals surface area contributed by atoms with E-state index in [1.54, 1.807) is 23.5 Å². The second kappa shape index (κ2) is 12.6. The number of nitrogens with zero attached hydrogens (tertiary/aromatic N) is 8. The van der Waals surface area contributed by atoms with Crippen LogP contribution in [0, 0.1) is 13.8 Å². The molecule has 6 aromatic heterocycles. The average molecular weight is 649 g/mol. The third-order valence-electron chi connectivity index (χ3n) is 6.82. The molecule has 0 saturated carbocycles. The summed E-state index contributed by atoms with van der Waals surface area (Å²) in [4.78, 5) is 35.6. The zero-order valence-corrected chi connectivity index (χ0v) is 27.3. The van der Waals surface area contributed by atoms with Gasteiger partial charge in [0, 0.05) is 48.4 Å². The Hall–Kier alpha value is -3.46. The van der Waals surface area contributed by atoms with Crippen molar-refractivity contribution in [3.8, 4) is 21.1 Å². The van der Waals surface area contributed by atoms with Gasteiger partial charge in [0.25, 0.3) is 0 Å². The zero-order chi connectivity index (χ0) is 30.1. The van der Waals surface area contributed by atoms with Crippen molar-refractivity contribution in [2.45, 2.75) is 55.9 Å². The van der Waals surface area contributed by atoms with Gasteiger partial charge in [-0.05, 0) is 58.4 Å². The van der Waals surface area contributed by atoms with Crippen molar-refractivity contribution in [3.05, 3.63) is 68.5 Å². The Morgan fingerprint density at radius 1 is 0.674 bits per heavy atom. The van der Waals surface area contributed by atoms with Crippen molar-refractivity contribution < 1.29 is 0 Å². The maximum Gasteiger partial charge on any atom is 0.201 e. The largest absolute Gasteiger partial charge is 0.332 e. The molecule has 6 rings (SSSR count). The van der Waals surface area contributed by atoms with Crippen LogP contribution in [0.2, 0.25) is 0 Å². The molecule has 0 atom stereocenters. The summed E-state index contributed by atoms with van der Waals surface area (Å²) in [5, 5.41) is 19.7. The van der Waals surface area contributed by atoms with E-state index in [0.29, 0.717) is 56.3 Å². The lowest BCUT2D eigenvalue weighted by atomic mass is 10.2. The molecule has 0 aliphatic carbocycles. The number of fused-ring (bicyclic) bond motifs is 2. The predicted octanol–water partition coefficient (Wildman–Crippen LogP) is 6.07. The quantitative estimate of drug-likeness (QED) is 0.128. The van der Waals surface area contributed by atoms with E-state index in [4.69, 9.17) is 0 Å². The normalized spacial score (nSPS) is 11.6. The zero-order valence-electron chi connectivity index (χ0n) is 24.0. The summed E-state index contributed by atoms with van der Waals surface area (Å²) in [6, 6.07) is 7.40. The van der Waals surface area contributed by atoms with E-state index in [0.717, 1.165) is 38.0 Å². The Morgan fingerprint density at radius 2 is 1.12 bits per heavy atom. The number of hydrogen-bond donors (Lipinski definition) is 0. The summed E-state index contributed by atoms with van der Waals surface area (Å²) in [5.74, 6) is 1.71. The lowest BCUT2D eigenvalue weighted by Crippen LogP contribution is -2.13. The number of aryl methyl sites for hydroxylation is 4. The predicted molar refractivity (Wildman–Crippen MR) is 177 cm³/mol. The highest BCUT2D eigenvalue weighted by atomic mass is 32.2. The number of hydrogen-bond acceptors (Lipinski definition) is 12. The first kappa shape index (κ1) is 29.6. The van der Waals surface area contributed by atoms with Crippen molar-refractivity contribution in [2.24, 2.45) is 0 Å². The highest BCUT2D eigenvalue weighted by molar-refractivity contribution is 8.01. The average Bonchev–Trinajstić information content (AvgIpc) is 3.67. The smallest absolute Gasteiger partial charge is 0.201 e. The van der Waals surface area contributed by atoms with E-state index < -0.39 is 0 Å². The maximum absolute atomic E-state index is 13.2. The number of rotatable bonds is 10. The lowest BCUT2D eigenvalue weighted by Gasteiger charge is -2.09. The fourth-order valence-corrected chi connectivity index (χ4v) is 8.56. The van der Waals surface area contributed by atoms with Gasteiger partial charge < -0.3 is 9.13 Å². The second-order valence-corrected chi connectivity index (χ2v) is 14.4. The fraction of sp³-hybridized carbons (Fsp3) is 0.310. The van der Waals surface area contributed by atoms with E-state index in [9.17, 15) is 9.59 Å². The van der Waals surface area contributed by atoms with Gasteiger partial charge in [0.15, 0.2) is 18.7 Å². The molecule has 43 heavy (non-hydrogen) atoms. The molecular weight excluding hydrogens is 621 g/mol. The van der Waals surface area contributed by atoms with E-state index in [1.807, 2.05) is 73.5 Å². The van der Waals surface area contributed by atoms with Crippen molar-refractivity contribution in [1.82, 2.24) is 39.5 Å². The maximum atomic E-state index is 13.2. The number of thioether (sulfide) groups is 2. The minimum absolute atomic E-state index is 0.0724. The Kier molecular flexibility index (Phi) is 8.71. The standard InChI is InChI=1S/C29H28N8O2S4/c1-5-36-14-20(22(38)18-10-8-16(3)30-24(18)36)26-32-34-28(42-26)40-12-7-13-41-29-35-33-27(43-29)21-15-37(6-2)25-19(23(21)39)11-9-17(4)31-25/h8-11,14-15H,5-7,12-13H2,1-4H3. The van der Waals surface area contributed by atoms with Crippen LogP contribution in [0.1, 0.15) is 31.7 Å². The molecule has 0 fully saturated rings. The molecule has 0 aliphatic rings. The van der Waals surface area contributed by atoms with Crippen LogP contribution in [0.5, 0.6) is 0 Å². The van der Waals surface area contributed by atoms with E-state index in [2.05, 4.69) is 30.4 Å². The molecule has 6 aromatic rings. The van der Waals surface area contributed by atoms with Gasteiger partial charge in [-0.3, -0.25) is 9.59 Å². The third-order valence-corrected chi connectivity index (χ3v) is 11.2. The Balaban J connectivity index is 1.08. The van der Waals surface area contributed by atoms with E-state index in [1.165, 1.54) is 22.7 Å². The summed E-state index contributed by atoms with van der Waals surface area (Å²) < 4.78 is 5.63. The summed E-state index contributed by atoms with van der Waals surface area (Å²) in [5.41, 5.74) is 4.09. The Labute approximate surface area is 263 Å². The molecule has 6 heterocycles.